The molecule has 1 aliphatic rings. The molecule has 0 aliphatic carbocycles. The summed E-state index contributed by atoms with van der Waals surface area (Å²) >= 11 is 0. The number of hydrogen-bond acceptors (Lipinski definition) is 5. The highest BCUT2D eigenvalue weighted by Crippen LogP contribution is 2.21. The number of pyridine rings is 2. The maximum Gasteiger partial charge on any atom is 0.227 e. The first-order valence-corrected chi connectivity index (χ1v) is 6.93. The molecule has 1 fully saturated rings. The Balaban J connectivity index is 1.62. The van der Waals surface area contributed by atoms with Gasteiger partial charge in [0.15, 0.2) is 0 Å². The van der Waals surface area contributed by atoms with Crippen LogP contribution in [0.1, 0.15) is 18.4 Å². The molecular formula is C15H17N5O. The fourth-order valence-electron chi connectivity index (χ4n) is 2.30. The number of nitrogens with one attached hydrogen (secondary N) is 1. The van der Waals surface area contributed by atoms with Crippen molar-refractivity contribution in [3.63, 3.8) is 0 Å². The van der Waals surface area contributed by atoms with Crippen LogP contribution in [0, 0.1) is 0 Å². The van der Waals surface area contributed by atoms with Crippen LogP contribution in [-0.2, 0) is 11.3 Å². The van der Waals surface area contributed by atoms with Crippen molar-refractivity contribution in [1.82, 2.24) is 9.97 Å². The number of hydrogen-bond donors (Lipinski definition) is 2. The molecule has 0 saturated carbocycles. The van der Waals surface area contributed by atoms with Crippen LogP contribution >= 0.6 is 0 Å². The van der Waals surface area contributed by atoms with E-state index in [0.717, 1.165) is 30.0 Å². The first-order valence-electron chi connectivity index (χ1n) is 6.93. The summed E-state index contributed by atoms with van der Waals surface area (Å²) < 4.78 is 0. The molecule has 0 radical (unpaired) electrons. The van der Waals surface area contributed by atoms with Crippen molar-refractivity contribution >= 4 is 23.2 Å². The van der Waals surface area contributed by atoms with Gasteiger partial charge in [0.1, 0.15) is 11.6 Å². The summed E-state index contributed by atoms with van der Waals surface area (Å²) in [5, 5.41) is 3.21. The minimum absolute atomic E-state index is 0.172. The zero-order chi connectivity index (χ0) is 14.7. The van der Waals surface area contributed by atoms with Gasteiger partial charge >= 0.3 is 0 Å². The number of carbonyl (C=O) groups is 1. The third-order valence-electron chi connectivity index (χ3n) is 3.45. The Morgan fingerprint density at radius 1 is 1.19 bits per heavy atom. The molecular weight excluding hydrogens is 266 g/mol. The Kier molecular flexibility index (Phi) is 3.68. The van der Waals surface area contributed by atoms with Crippen LogP contribution in [0.5, 0.6) is 0 Å². The Bertz CT molecular complexity index is 624. The van der Waals surface area contributed by atoms with Gasteiger partial charge in [-0.1, -0.05) is 6.07 Å². The van der Waals surface area contributed by atoms with Gasteiger partial charge in [0.25, 0.3) is 0 Å². The monoisotopic (exact) mass is 283 g/mol. The number of aromatic nitrogens is 2. The molecule has 1 aliphatic heterocycles. The number of rotatable bonds is 4. The number of anilines is 3. The minimum atomic E-state index is 0.172. The number of nitrogens with zero attached hydrogens (tertiary/aromatic N) is 3. The van der Waals surface area contributed by atoms with Gasteiger partial charge in [0.05, 0.1) is 11.9 Å². The summed E-state index contributed by atoms with van der Waals surface area (Å²) in [5.41, 5.74) is 7.44. The van der Waals surface area contributed by atoms with Gasteiger partial charge in [0.2, 0.25) is 5.91 Å². The van der Waals surface area contributed by atoms with E-state index < -0.39 is 0 Å². The average molecular weight is 283 g/mol. The second-order valence-corrected chi connectivity index (χ2v) is 5.00. The number of nitrogen functional groups attached to an aromatic ring is 1. The fourth-order valence-corrected chi connectivity index (χ4v) is 2.30. The van der Waals surface area contributed by atoms with Crippen molar-refractivity contribution in [2.45, 2.75) is 19.4 Å². The van der Waals surface area contributed by atoms with E-state index in [1.54, 1.807) is 23.4 Å². The van der Waals surface area contributed by atoms with Gasteiger partial charge in [-0.15, -0.1) is 0 Å². The van der Waals surface area contributed by atoms with E-state index >= 15 is 0 Å². The van der Waals surface area contributed by atoms with Crippen LogP contribution in [0.4, 0.5) is 17.3 Å². The van der Waals surface area contributed by atoms with Gasteiger partial charge in [-0.2, -0.15) is 0 Å². The largest absolute Gasteiger partial charge is 0.384 e. The van der Waals surface area contributed by atoms with Crippen molar-refractivity contribution in [3.05, 3.63) is 42.2 Å². The number of nitrogens with two attached hydrogens (primary N) is 1. The quantitative estimate of drug-likeness (QED) is 0.893. The van der Waals surface area contributed by atoms with Crippen LogP contribution in [0.15, 0.2) is 36.7 Å². The highest BCUT2D eigenvalue weighted by Gasteiger charge is 2.21. The highest BCUT2D eigenvalue weighted by molar-refractivity contribution is 5.95. The van der Waals surface area contributed by atoms with Crippen LogP contribution < -0.4 is 16.0 Å². The predicted molar refractivity (Wildman–Crippen MR) is 81.8 cm³/mol. The molecule has 2 aromatic heterocycles. The van der Waals surface area contributed by atoms with Crippen molar-refractivity contribution in [3.8, 4) is 0 Å². The molecule has 3 N–H and O–H groups in total. The first-order chi connectivity index (χ1) is 10.2. The van der Waals surface area contributed by atoms with E-state index in [0.29, 0.717) is 18.8 Å². The van der Waals surface area contributed by atoms with E-state index in [2.05, 4.69) is 15.3 Å². The zero-order valence-electron chi connectivity index (χ0n) is 11.6. The van der Waals surface area contributed by atoms with Crippen LogP contribution in [0.2, 0.25) is 0 Å². The molecule has 1 amide bonds. The first kappa shape index (κ1) is 13.4. The fraction of sp³-hybridized carbons (Fsp3) is 0.267. The van der Waals surface area contributed by atoms with E-state index in [1.165, 1.54) is 0 Å². The summed E-state index contributed by atoms with van der Waals surface area (Å²) in [5.74, 6) is 1.45. The Hall–Kier alpha value is -2.63. The molecule has 0 aromatic carbocycles. The zero-order valence-corrected chi connectivity index (χ0v) is 11.6. The van der Waals surface area contributed by atoms with Crippen molar-refractivity contribution in [2.75, 3.05) is 22.5 Å². The van der Waals surface area contributed by atoms with Gasteiger partial charge in [0, 0.05) is 25.7 Å². The smallest absolute Gasteiger partial charge is 0.227 e. The summed E-state index contributed by atoms with van der Waals surface area (Å²) in [4.78, 5) is 21.8. The molecule has 6 heteroatoms. The van der Waals surface area contributed by atoms with E-state index in [-0.39, 0.29) is 5.91 Å². The molecule has 6 nitrogen and oxygen atoms in total. The maximum atomic E-state index is 11.7. The lowest BCUT2D eigenvalue weighted by Gasteiger charge is -2.15. The maximum absolute atomic E-state index is 11.7. The third-order valence-corrected chi connectivity index (χ3v) is 3.45. The second kappa shape index (κ2) is 5.78. The molecule has 21 heavy (non-hydrogen) atoms. The van der Waals surface area contributed by atoms with Crippen LogP contribution in [0.25, 0.3) is 0 Å². The number of amides is 1. The molecule has 0 unspecified atom stereocenters. The lowest BCUT2D eigenvalue weighted by Crippen LogP contribution is -2.23. The summed E-state index contributed by atoms with van der Waals surface area (Å²) in [6.07, 6.45) is 5.01. The Morgan fingerprint density at radius 3 is 2.71 bits per heavy atom. The summed E-state index contributed by atoms with van der Waals surface area (Å²) in [7, 11) is 0. The molecule has 0 bridgehead atoms. The molecule has 0 atom stereocenters. The second-order valence-electron chi connectivity index (χ2n) is 5.00. The molecule has 2 aromatic rings. The molecule has 3 rings (SSSR count). The van der Waals surface area contributed by atoms with Crippen molar-refractivity contribution in [2.24, 2.45) is 0 Å². The van der Waals surface area contributed by atoms with E-state index in [1.807, 2.05) is 18.2 Å². The Morgan fingerprint density at radius 2 is 2.10 bits per heavy atom. The van der Waals surface area contributed by atoms with Gasteiger partial charge in [-0.3, -0.25) is 4.79 Å². The summed E-state index contributed by atoms with van der Waals surface area (Å²) in [6.45, 7) is 1.41. The van der Waals surface area contributed by atoms with Gasteiger partial charge < -0.3 is 16.0 Å². The normalized spacial score (nSPS) is 14.5. The number of carbonyl (C=O) groups excluding carboxylic acids is 1. The molecule has 1 saturated heterocycles. The van der Waals surface area contributed by atoms with E-state index in [9.17, 15) is 4.79 Å². The average Bonchev–Trinajstić information content (AvgIpc) is 2.93. The SMILES string of the molecule is Nc1ccc(CNc2ccc(N3CCCC3=O)cn2)cn1. The summed E-state index contributed by atoms with van der Waals surface area (Å²) in [6, 6.07) is 7.49. The highest BCUT2D eigenvalue weighted by atomic mass is 16.2. The van der Waals surface area contributed by atoms with E-state index in [4.69, 9.17) is 5.73 Å². The lowest BCUT2D eigenvalue weighted by molar-refractivity contribution is -0.117. The lowest BCUT2D eigenvalue weighted by atomic mass is 10.3. The van der Waals surface area contributed by atoms with Crippen molar-refractivity contribution < 1.29 is 4.79 Å². The van der Waals surface area contributed by atoms with Crippen molar-refractivity contribution in [1.29, 1.82) is 0 Å². The minimum Gasteiger partial charge on any atom is -0.384 e. The topological polar surface area (TPSA) is 84.1 Å². The molecule has 3 heterocycles. The third kappa shape index (κ3) is 3.10. The molecule has 0 spiro atoms. The van der Waals surface area contributed by atoms with Gasteiger partial charge in [-0.25, -0.2) is 9.97 Å². The van der Waals surface area contributed by atoms with Crippen LogP contribution in [-0.4, -0.2) is 22.4 Å². The molecule has 108 valence electrons. The standard InChI is InChI=1S/C15H17N5O/c16-13-5-3-11(8-17-13)9-18-14-6-4-12(10-19-14)20-7-1-2-15(20)21/h3-6,8,10H,1-2,7,9H2,(H2,16,17)(H,18,19). The predicted octanol–water partition coefficient (Wildman–Crippen LogP) is 1.80. The van der Waals surface area contributed by atoms with Crippen LogP contribution in [0.3, 0.4) is 0 Å². The Labute approximate surface area is 123 Å². The van der Waals surface area contributed by atoms with Gasteiger partial charge in [-0.05, 0) is 30.2 Å².